The molecule has 0 amide bonds. The lowest BCUT2D eigenvalue weighted by molar-refractivity contribution is -0.149. The van der Waals surface area contributed by atoms with E-state index in [1.54, 1.807) is 25.1 Å². The number of carbonyl (C=O) groups excluding carboxylic acids is 1. The molecule has 0 aliphatic carbocycles. The number of ether oxygens (including phenoxy) is 1. The second-order valence-electron chi connectivity index (χ2n) is 4.88. The van der Waals surface area contributed by atoms with Gasteiger partial charge in [-0.15, -0.1) is 0 Å². The van der Waals surface area contributed by atoms with Crippen molar-refractivity contribution in [2.75, 3.05) is 0 Å². The van der Waals surface area contributed by atoms with Crippen LogP contribution in [0.2, 0.25) is 5.02 Å². The van der Waals surface area contributed by atoms with E-state index in [1.165, 1.54) is 0 Å². The van der Waals surface area contributed by atoms with E-state index >= 15 is 0 Å². The van der Waals surface area contributed by atoms with Crippen LogP contribution in [0.5, 0.6) is 0 Å². The smallest absolute Gasteiger partial charge is 0.334 e. The Morgan fingerprint density at radius 2 is 1.76 bits per heavy atom. The number of esters is 1. The molecule has 2 nitrogen and oxygen atoms in total. The monoisotopic (exact) mass is 252 g/mol. The maximum atomic E-state index is 11.7. The fraction of sp³-hybridized carbons (Fsp3) is 0.357. The van der Waals surface area contributed by atoms with Crippen molar-refractivity contribution in [1.82, 2.24) is 0 Å². The van der Waals surface area contributed by atoms with Crippen LogP contribution in [0.3, 0.4) is 0 Å². The lowest BCUT2D eigenvalue weighted by Gasteiger charge is -2.19. The molecular formula is C14H17ClO2. The van der Waals surface area contributed by atoms with Gasteiger partial charge in [-0.1, -0.05) is 23.7 Å². The summed E-state index contributed by atoms with van der Waals surface area (Å²) in [6.07, 6.45) is 1.78. The number of carbonyl (C=O) groups is 1. The Labute approximate surface area is 107 Å². The lowest BCUT2D eigenvalue weighted by atomic mass is 10.1. The van der Waals surface area contributed by atoms with Crippen molar-refractivity contribution in [3.8, 4) is 0 Å². The number of halogens is 1. The van der Waals surface area contributed by atoms with Crippen molar-refractivity contribution in [1.29, 1.82) is 0 Å². The first kappa shape index (κ1) is 13.8. The zero-order chi connectivity index (χ0) is 13.1. The van der Waals surface area contributed by atoms with Crippen LogP contribution in [0, 0.1) is 0 Å². The van der Waals surface area contributed by atoms with Gasteiger partial charge in [0.2, 0.25) is 0 Å². The molecule has 0 bridgehead atoms. The summed E-state index contributed by atoms with van der Waals surface area (Å²) in [4.78, 5) is 11.7. The van der Waals surface area contributed by atoms with Crippen LogP contribution in [0.15, 0.2) is 29.8 Å². The van der Waals surface area contributed by atoms with E-state index in [9.17, 15) is 4.79 Å². The van der Waals surface area contributed by atoms with Crippen molar-refractivity contribution in [3.63, 3.8) is 0 Å². The first-order valence-corrected chi connectivity index (χ1v) is 5.83. The SMILES string of the molecule is C/C(=C\c1ccc(Cl)cc1)C(=O)OC(C)(C)C. The molecule has 0 atom stereocenters. The van der Waals surface area contributed by atoms with Gasteiger partial charge in [-0.2, -0.15) is 0 Å². The van der Waals surface area contributed by atoms with E-state index in [2.05, 4.69) is 0 Å². The summed E-state index contributed by atoms with van der Waals surface area (Å²) in [5.41, 5.74) is 1.03. The second-order valence-corrected chi connectivity index (χ2v) is 5.32. The Bertz CT molecular complexity index is 425. The summed E-state index contributed by atoms with van der Waals surface area (Å²) in [7, 11) is 0. The van der Waals surface area contributed by atoms with Gasteiger partial charge in [-0.25, -0.2) is 4.79 Å². The fourth-order valence-electron chi connectivity index (χ4n) is 1.23. The zero-order valence-electron chi connectivity index (χ0n) is 10.6. The summed E-state index contributed by atoms with van der Waals surface area (Å²) in [6, 6.07) is 7.29. The average molecular weight is 253 g/mol. The summed E-state index contributed by atoms with van der Waals surface area (Å²) < 4.78 is 5.26. The highest BCUT2D eigenvalue weighted by atomic mass is 35.5. The van der Waals surface area contributed by atoms with Crippen molar-refractivity contribution in [3.05, 3.63) is 40.4 Å². The van der Waals surface area contributed by atoms with Crippen LogP contribution in [-0.4, -0.2) is 11.6 Å². The van der Waals surface area contributed by atoms with E-state index in [0.717, 1.165) is 5.56 Å². The minimum Gasteiger partial charge on any atom is -0.457 e. The van der Waals surface area contributed by atoms with Gasteiger partial charge in [-0.05, 0) is 51.5 Å². The fourth-order valence-corrected chi connectivity index (χ4v) is 1.35. The minimum absolute atomic E-state index is 0.299. The molecule has 1 rings (SSSR count). The van der Waals surface area contributed by atoms with Gasteiger partial charge in [0, 0.05) is 10.6 Å². The maximum Gasteiger partial charge on any atom is 0.334 e. The largest absolute Gasteiger partial charge is 0.457 e. The first-order chi connectivity index (χ1) is 7.78. The molecule has 0 fully saturated rings. The highest BCUT2D eigenvalue weighted by molar-refractivity contribution is 6.30. The quantitative estimate of drug-likeness (QED) is 0.586. The standard InChI is InChI=1S/C14H17ClO2/c1-10(13(16)17-14(2,3)4)9-11-5-7-12(15)8-6-11/h5-9H,1-4H3/b10-9+. The second kappa shape index (κ2) is 5.37. The third-order valence-electron chi connectivity index (χ3n) is 1.97. The van der Waals surface area contributed by atoms with Crippen LogP contribution < -0.4 is 0 Å². The van der Waals surface area contributed by atoms with Crippen molar-refractivity contribution in [2.24, 2.45) is 0 Å². The molecule has 17 heavy (non-hydrogen) atoms. The summed E-state index contributed by atoms with van der Waals surface area (Å²) in [6.45, 7) is 7.28. The molecule has 0 radical (unpaired) electrons. The third-order valence-corrected chi connectivity index (χ3v) is 2.23. The molecule has 3 heteroatoms. The van der Waals surface area contributed by atoms with Gasteiger partial charge in [0.15, 0.2) is 0 Å². The normalized spacial score (nSPS) is 12.4. The molecule has 1 aromatic rings. The molecule has 0 unspecified atom stereocenters. The average Bonchev–Trinajstić information content (AvgIpc) is 2.19. The van der Waals surface area contributed by atoms with E-state index in [-0.39, 0.29) is 5.97 Å². The lowest BCUT2D eigenvalue weighted by Crippen LogP contribution is -2.24. The van der Waals surface area contributed by atoms with Gasteiger partial charge in [0.25, 0.3) is 0 Å². The van der Waals surface area contributed by atoms with E-state index in [0.29, 0.717) is 10.6 Å². The molecule has 0 aliphatic rings. The molecule has 0 heterocycles. The highest BCUT2D eigenvalue weighted by Crippen LogP contribution is 2.15. The first-order valence-electron chi connectivity index (χ1n) is 5.45. The third kappa shape index (κ3) is 5.05. The zero-order valence-corrected chi connectivity index (χ0v) is 11.3. The Morgan fingerprint density at radius 3 is 2.24 bits per heavy atom. The van der Waals surface area contributed by atoms with E-state index in [4.69, 9.17) is 16.3 Å². The number of hydrogen-bond donors (Lipinski definition) is 0. The minimum atomic E-state index is -0.466. The van der Waals surface area contributed by atoms with Crippen LogP contribution >= 0.6 is 11.6 Å². The Balaban J connectivity index is 2.79. The van der Waals surface area contributed by atoms with E-state index in [1.807, 2.05) is 32.9 Å². The molecular weight excluding hydrogens is 236 g/mol. The summed E-state index contributed by atoms with van der Waals surface area (Å²) in [5.74, 6) is -0.299. The Morgan fingerprint density at radius 1 is 1.24 bits per heavy atom. The van der Waals surface area contributed by atoms with Gasteiger partial charge >= 0.3 is 5.97 Å². The van der Waals surface area contributed by atoms with Gasteiger partial charge in [0.05, 0.1) is 0 Å². The molecule has 92 valence electrons. The van der Waals surface area contributed by atoms with Crippen LogP contribution in [-0.2, 0) is 9.53 Å². The molecule has 0 saturated carbocycles. The van der Waals surface area contributed by atoms with Gasteiger partial charge < -0.3 is 4.74 Å². The maximum absolute atomic E-state index is 11.7. The summed E-state index contributed by atoms with van der Waals surface area (Å²) >= 11 is 5.79. The highest BCUT2D eigenvalue weighted by Gasteiger charge is 2.17. The molecule has 1 aromatic carbocycles. The molecule has 0 aromatic heterocycles. The molecule has 0 saturated heterocycles. The molecule has 0 spiro atoms. The number of hydrogen-bond acceptors (Lipinski definition) is 2. The summed E-state index contributed by atoms with van der Waals surface area (Å²) in [5, 5.41) is 0.678. The number of rotatable bonds is 2. The molecule has 0 N–H and O–H groups in total. The number of benzene rings is 1. The Kier molecular flexibility index (Phi) is 4.35. The van der Waals surface area contributed by atoms with Crippen molar-refractivity contribution in [2.45, 2.75) is 33.3 Å². The van der Waals surface area contributed by atoms with Crippen LogP contribution in [0.1, 0.15) is 33.3 Å². The topological polar surface area (TPSA) is 26.3 Å². The van der Waals surface area contributed by atoms with Crippen LogP contribution in [0.25, 0.3) is 6.08 Å². The van der Waals surface area contributed by atoms with Gasteiger partial charge in [-0.3, -0.25) is 0 Å². The van der Waals surface area contributed by atoms with E-state index < -0.39 is 5.60 Å². The predicted molar refractivity (Wildman–Crippen MR) is 70.9 cm³/mol. The van der Waals surface area contributed by atoms with Crippen molar-refractivity contribution >= 4 is 23.6 Å². The predicted octanol–water partition coefficient (Wildman–Crippen LogP) is 4.09. The van der Waals surface area contributed by atoms with Crippen LogP contribution in [0.4, 0.5) is 0 Å². The molecule has 0 aliphatic heterocycles. The van der Waals surface area contributed by atoms with Crippen molar-refractivity contribution < 1.29 is 9.53 Å². The Hall–Kier alpha value is -1.28. The van der Waals surface area contributed by atoms with Gasteiger partial charge in [0.1, 0.15) is 5.60 Å².